The number of fused-ring (bicyclic) bond motifs is 1. The van der Waals surface area contributed by atoms with Gasteiger partial charge in [0.2, 0.25) is 0 Å². The molecule has 0 spiro atoms. The van der Waals surface area contributed by atoms with E-state index in [1.54, 1.807) is 11.7 Å². The molecule has 110 valence electrons. The Morgan fingerprint density at radius 2 is 2.29 bits per heavy atom. The molecule has 0 saturated heterocycles. The molecule has 2 aromatic rings. The number of carboxylic acids is 1. The zero-order valence-electron chi connectivity index (χ0n) is 12.4. The van der Waals surface area contributed by atoms with Crippen molar-refractivity contribution in [3.63, 3.8) is 0 Å². The number of aryl methyl sites for hydroxylation is 2. The summed E-state index contributed by atoms with van der Waals surface area (Å²) in [7, 11) is 1.79. The van der Waals surface area contributed by atoms with Gasteiger partial charge in [0, 0.05) is 19.8 Å². The molecule has 0 aromatic carbocycles. The van der Waals surface area contributed by atoms with Gasteiger partial charge in [-0.25, -0.2) is 9.78 Å². The first kappa shape index (κ1) is 14.9. The van der Waals surface area contributed by atoms with Crippen LogP contribution in [0.3, 0.4) is 0 Å². The van der Waals surface area contributed by atoms with Gasteiger partial charge in [-0.2, -0.15) is 5.10 Å². The third-order valence-corrected chi connectivity index (χ3v) is 3.32. The predicted octanol–water partition coefficient (Wildman–Crippen LogP) is 1.82. The second kappa shape index (κ2) is 5.83. The highest BCUT2D eigenvalue weighted by Crippen LogP contribution is 2.31. The molecule has 6 heteroatoms. The summed E-state index contributed by atoms with van der Waals surface area (Å²) >= 11 is 0. The number of aromatic nitrogens is 3. The van der Waals surface area contributed by atoms with E-state index in [9.17, 15) is 9.90 Å². The number of carboxylic acid groups (broad SMARTS) is 1. The van der Waals surface area contributed by atoms with E-state index in [-0.39, 0.29) is 5.56 Å². The van der Waals surface area contributed by atoms with Crippen molar-refractivity contribution in [1.82, 2.24) is 14.8 Å². The van der Waals surface area contributed by atoms with Crippen molar-refractivity contribution in [1.29, 1.82) is 0 Å². The van der Waals surface area contributed by atoms with E-state index < -0.39 is 5.97 Å². The first-order valence-electron chi connectivity index (χ1n) is 6.75. The number of pyridine rings is 1. The number of hydrogen-bond acceptors (Lipinski definition) is 4. The lowest BCUT2D eigenvalue weighted by Gasteiger charge is -2.24. The van der Waals surface area contributed by atoms with E-state index >= 15 is 0 Å². The summed E-state index contributed by atoms with van der Waals surface area (Å²) in [4.78, 5) is 17.7. The van der Waals surface area contributed by atoms with Crippen LogP contribution in [-0.4, -0.2) is 38.9 Å². The second-order valence-corrected chi connectivity index (χ2v) is 4.86. The van der Waals surface area contributed by atoms with Gasteiger partial charge in [0.1, 0.15) is 5.56 Å². The van der Waals surface area contributed by atoms with E-state index in [0.717, 1.165) is 17.5 Å². The lowest BCUT2D eigenvalue weighted by Crippen LogP contribution is -2.27. The second-order valence-electron chi connectivity index (χ2n) is 4.86. The number of rotatable bonds is 5. The molecule has 6 nitrogen and oxygen atoms in total. The van der Waals surface area contributed by atoms with E-state index in [1.807, 2.05) is 18.7 Å². The highest BCUT2D eigenvalue weighted by molar-refractivity contribution is 6.04. The maximum Gasteiger partial charge on any atom is 0.339 e. The lowest BCUT2D eigenvalue weighted by atomic mass is 10.1. The molecule has 21 heavy (non-hydrogen) atoms. The van der Waals surface area contributed by atoms with Crippen molar-refractivity contribution in [2.75, 3.05) is 18.0 Å². The Kier molecular flexibility index (Phi) is 4.13. The fourth-order valence-corrected chi connectivity index (χ4v) is 2.53. The van der Waals surface area contributed by atoms with Gasteiger partial charge in [0.15, 0.2) is 5.65 Å². The Labute approximate surface area is 123 Å². The molecule has 0 atom stereocenters. The first-order chi connectivity index (χ1) is 10.0. The molecule has 0 fully saturated rings. The molecule has 0 saturated carbocycles. The fourth-order valence-electron chi connectivity index (χ4n) is 2.53. The van der Waals surface area contributed by atoms with Gasteiger partial charge in [-0.3, -0.25) is 4.68 Å². The standard InChI is InChI=1S/C15H18N4O2/c1-5-7-19(8-6-2)13-11(15(20)21)9-16-14-12(13)10(3)17-18(14)4/h1,9H,6-8H2,2-4H3,(H,20,21). The molecule has 0 amide bonds. The Morgan fingerprint density at radius 1 is 1.57 bits per heavy atom. The van der Waals surface area contributed by atoms with Crippen LogP contribution in [-0.2, 0) is 7.05 Å². The smallest absolute Gasteiger partial charge is 0.339 e. The van der Waals surface area contributed by atoms with Crippen molar-refractivity contribution in [3.8, 4) is 12.3 Å². The van der Waals surface area contributed by atoms with Crippen LogP contribution >= 0.6 is 0 Å². The summed E-state index contributed by atoms with van der Waals surface area (Å²) in [6.45, 7) is 4.90. The van der Waals surface area contributed by atoms with E-state index in [0.29, 0.717) is 24.4 Å². The fraction of sp³-hybridized carbons (Fsp3) is 0.400. The summed E-state index contributed by atoms with van der Waals surface area (Å²) in [5.41, 5.74) is 2.17. The molecule has 0 radical (unpaired) electrons. The van der Waals surface area contributed by atoms with Crippen molar-refractivity contribution in [2.24, 2.45) is 7.05 Å². The number of nitrogens with zero attached hydrogens (tertiary/aromatic N) is 4. The first-order valence-corrected chi connectivity index (χ1v) is 6.75. The zero-order valence-corrected chi connectivity index (χ0v) is 12.4. The topological polar surface area (TPSA) is 71.2 Å². The molecule has 0 unspecified atom stereocenters. The molecule has 0 aliphatic carbocycles. The Balaban J connectivity index is 2.80. The Bertz CT molecular complexity index is 727. The minimum atomic E-state index is -1.01. The van der Waals surface area contributed by atoms with E-state index in [4.69, 9.17) is 6.42 Å². The van der Waals surface area contributed by atoms with Gasteiger partial charge < -0.3 is 10.0 Å². The average molecular weight is 286 g/mol. The molecular weight excluding hydrogens is 268 g/mol. The predicted molar refractivity (Wildman–Crippen MR) is 81.5 cm³/mol. The summed E-state index contributed by atoms with van der Waals surface area (Å²) in [6, 6.07) is 0. The minimum absolute atomic E-state index is 0.155. The molecule has 2 heterocycles. The number of anilines is 1. The normalized spacial score (nSPS) is 10.6. The Morgan fingerprint density at radius 3 is 2.86 bits per heavy atom. The monoisotopic (exact) mass is 286 g/mol. The third-order valence-electron chi connectivity index (χ3n) is 3.32. The van der Waals surface area contributed by atoms with Crippen molar-refractivity contribution in [2.45, 2.75) is 20.3 Å². The molecular formula is C15H18N4O2. The van der Waals surface area contributed by atoms with Gasteiger partial charge in [0.05, 0.1) is 23.3 Å². The summed E-state index contributed by atoms with van der Waals surface area (Å²) < 4.78 is 1.65. The molecule has 2 rings (SSSR count). The van der Waals surface area contributed by atoms with E-state index in [1.165, 1.54) is 6.20 Å². The summed E-state index contributed by atoms with van der Waals surface area (Å²) in [6.07, 6.45) is 7.68. The van der Waals surface area contributed by atoms with Gasteiger partial charge in [-0.15, -0.1) is 6.42 Å². The maximum absolute atomic E-state index is 11.6. The summed E-state index contributed by atoms with van der Waals surface area (Å²) in [5.74, 6) is 1.58. The van der Waals surface area contributed by atoms with Crippen LogP contribution in [0.4, 0.5) is 5.69 Å². The molecule has 1 N–H and O–H groups in total. The van der Waals surface area contributed by atoms with Crippen LogP contribution in [0.25, 0.3) is 11.0 Å². The molecule has 0 aliphatic rings. The SMILES string of the molecule is C#CCN(CCC)c1c(C(=O)O)cnc2c1c(C)nn2C. The van der Waals surface area contributed by atoms with Crippen LogP contribution < -0.4 is 4.90 Å². The van der Waals surface area contributed by atoms with Crippen molar-refractivity contribution in [3.05, 3.63) is 17.5 Å². The van der Waals surface area contributed by atoms with Crippen LogP contribution in [0.1, 0.15) is 29.4 Å². The average Bonchev–Trinajstić information content (AvgIpc) is 2.73. The number of hydrogen-bond donors (Lipinski definition) is 1. The highest BCUT2D eigenvalue weighted by atomic mass is 16.4. The Hall–Kier alpha value is -2.55. The number of aromatic carboxylic acids is 1. The van der Waals surface area contributed by atoms with Crippen LogP contribution in [0.5, 0.6) is 0 Å². The largest absolute Gasteiger partial charge is 0.478 e. The van der Waals surface area contributed by atoms with Gasteiger partial charge in [-0.1, -0.05) is 12.8 Å². The molecule has 0 aliphatic heterocycles. The quantitative estimate of drug-likeness (QED) is 0.849. The van der Waals surface area contributed by atoms with Crippen molar-refractivity contribution >= 4 is 22.7 Å². The van der Waals surface area contributed by atoms with Crippen LogP contribution in [0.15, 0.2) is 6.20 Å². The number of carbonyl (C=O) groups is 1. The summed E-state index contributed by atoms with van der Waals surface area (Å²) in [5, 5.41) is 14.6. The van der Waals surface area contributed by atoms with Gasteiger partial charge in [-0.05, 0) is 13.3 Å². The maximum atomic E-state index is 11.6. The number of terminal acetylenes is 1. The van der Waals surface area contributed by atoms with Gasteiger partial charge >= 0.3 is 5.97 Å². The van der Waals surface area contributed by atoms with Crippen LogP contribution in [0, 0.1) is 19.3 Å². The van der Waals surface area contributed by atoms with Crippen molar-refractivity contribution < 1.29 is 9.90 Å². The van der Waals surface area contributed by atoms with E-state index in [2.05, 4.69) is 16.0 Å². The van der Waals surface area contributed by atoms with Gasteiger partial charge in [0.25, 0.3) is 0 Å². The third kappa shape index (κ3) is 2.55. The van der Waals surface area contributed by atoms with Crippen LogP contribution in [0.2, 0.25) is 0 Å². The zero-order chi connectivity index (χ0) is 15.6. The molecule has 2 aromatic heterocycles. The molecule has 0 bridgehead atoms. The lowest BCUT2D eigenvalue weighted by molar-refractivity contribution is 0.0697. The minimum Gasteiger partial charge on any atom is -0.478 e. The highest BCUT2D eigenvalue weighted by Gasteiger charge is 2.23.